The van der Waals surface area contributed by atoms with E-state index < -0.39 is 5.41 Å². The van der Waals surface area contributed by atoms with Crippen molar-refractivity contribution in [1.82, 2.24) is 4.57 Å². The van der Waals surface area contributed by atoms with E-state index in [0.717, 1.165) is 45.0 Å². The lowest BCUT2D eigenvalue weighted by Crippen LogP contribution is -2.25. The summed E-state index contributed by atoms with van der Waals surface area (Å²) in [5.41, 5.74) is 20.5. The highest BCUT2D eigenvalue weighted by Gasteiger charge is 2.55. The van der Waals surface area contributed by atoms with Crippen molar-refractivity contribution in [2.75, 3.05) is 4.90 Å². The van der Waals surface area contributed by atoms with Crippen LogP contribution in [0.4, 0.5) is 17.1 Å². The van der Waals surface area contributed by atoms with Gasteiger partial charge in [0.1, 0.15) is 16.8 Å². The third-order valence-corrected chi connectivity index (χ3v) is 14.2. The van der Waals surface area contributed by atoms with E-state index in [0.29, 0.717) is 0 Å². The quantitative estimate of drug-likeness (QED) is 0.166. The Morgan fingerprint density at radius 3 is 1.47 bits per heavy atom. The molecule has 10 aromatic carbocycles. The van der Waals surface area contributed by atoms with Gasteiger partial charge in [0.05, 0.1) is 11.0 Å². The van der Waals surface area contributed by atoms with Gasteiger partial charge in [-0.2, -0.15) is 0 Å². The fourth-order valence-electron chi connectivity index (χ4n) is 11.4. The molecule has 0 bridgehead atoms. The molecule has 3 nitrogen and oxygen atoms in total. The highest BCUT2D eigenvalue weighted by Crippen LogP contribution is 2.65. The minimum atomic E-state index is -0.665. The normalized spacial score (nSPS) is 14.4. The number of aromatic nitrogens is 1. The van der Waals surface area contributed by atoms with Gasteiger partial charge in [0.2, 0.25) is 0 Å². The van der Waals surface area contributed by atoms with Crippen LogP contribution in [0.25, 0.3) is 83.0 Å². The molecule has 2 aliphatic rings. The van der Waals surface area contributed by atoms with Gasteiger partial charge < -0.3 is 13.9 Å². The van der Waals surface area contributed by atoms with Crippen molar-refractivity contribution in [3.63, 3.8) is 0 Å². The summed E-state index contributed by atoms with van der Waals surface area (Å²) >= 11 is 0. The van der Waals surface area contributed by atoms with E-state index in [2.05, 4.69) is 252 Å². The SMILES string of the molecule is c1ccc(N(c2ccccc2)c2ccc(-c3ccc4c(c3)C3(c5ccccc5-c5ccc(-c6ccc(-n7c8ccccc8c8ccccc87)cc6)cc53)c3oc5ccccc5c3-4)cc2)cc1. The highest BCUT2D eigenvalue weighted by molar-refractivity contribution is 6.09. The van der Waals surface area contributed by atoms with Crippen molar-refractivity contribution in [1.29, 1.82) is 0 Å². The number of para-hydroxylation sites is 5. The molecule has 308 valence electrons. The van der Waals surface area contributed by atoms with Crippen molar-refractivity contribution < 1.29 is 4.42 Å². The Bertz CT molecular complexity index is 3770. The van der Waals surface area contributed by atoms with Crippen LogP contribution in [-0.2, 0) is 5.41 Å². The topological polar surface area (TPSA) is 21.3 Å². The van der Waals surface area contributed by atoms with E-state index in [1.165, 1.54) is 77.4 Å². The molecular weight excluding hydrogens is 801 g/mol. The largest absolute Gasteiger partial charge is 0.459 e. The van der Waals surface area contributed by atoms with Crippen molar-refractivity contribution in [3.8, 4) is 50.2 Å². The minimum Gasteiger partial charge on any atom is -0.459 e. The molecule has 14 rings (SSSR count). The van der Waals surface area contributed by atoms with Crippen LogP contribution in [0.2, 0.25) is 0 Å². The Balaban J connectivity index is 0.929. The Kier molecular flexibility index (Phi) is 7.90. The lowest BCUT2D eigenvalue weighted by atomic mass is 9.72. The van der Waals surface area contributed by atoms with Crippen LogP contribution >= 0.6 is 0 Å². The molecule has 2 heterocycles. The number of benzene rings is 10. The molecule has 2 aliphatic carbocycles. The van der Waals surface area contributed by atoms with Gasteiger partial charge in [-0.15, -0.1) is 0 Å². The number of hydrogen-bond donors (Lipinski definition) is 0. The first-order valence-corrected chi connectivity index (χ1v) is 22.7. The lowest BCUT2D eigenvalue weighted by Gasteiger charge is -2.29. The van der Waals surface area contributed by atoms with Crippen LogP contribution in [0.3, 0.4) is 0 Å². The van der Waals surface area contributed by atoms with Gasteiger partial charge >= 0.3 is 0 Å². The predicted molar refractivity (Wildman–Crippen MR) is 272 cm³/mol. The van der Waals surface area contributed by atoms with Gasteiger partial charge in [-0.3, -0.25) is 0 Å². The van der Waals surface area contributed by atoms with E-state index in [1.54, 1.807) is 0 Å². The molecule has 0 amide bonds. The number of nitrogens with zero attached hydrogens (tertiary/aromatic N) is 2. The molecule has 1 atom stereocenters. The second-order valence-corrected chi connectivity index (χ2v) is 17.6. The second kappa shape index (κ2) is 14.2. The maximum absolute atomic E-state index is 7.18. The summed E-state index contributed by atoms with van der Waals surface area (Å²) in [6.45, 7) is 0. The monoisotopic (exact) mass is 840 g/mol. The number of furan rings is 1. The standard InChI is InChI=1S/C63H40N2O/c1-3-15-45(16-4-1)64(46-17-5-2-6-18-46)47-33-27-41(28-34-47)44-32-38-53-57(40-44)63(62-61(53)54-22-10-14-26-60(54)66-62)55-23-11-7-19-49(55)50-37-31-43(39-56(50)63)42-29-35-48(36-30-42)65-58-24-12-8-20-51(58)52-21-9-13-25-59(52)65/h1-40H. The number of rotatable bonds is 6. The van der Waals surface area contributed by atoms with E-state index in [1.807, 2.05) is 0 Å². The van der Waals surface area contributed by atoms with Crippen LogP contribution in [0.5, 0.6) is 0 Å². The van der Waals surface area contributed by atoms with Crippen molar-refractivity contribution in [3.05, 3.63) is 265 Å². The predicted octanol–water partition coefficient (Wildman–Crippen LogP) is 16.7. The van der Waals surface area contributed by atoms with Crippen LogP contribution in [0.15, 0.2) is 247 Å². The number of hydrogen-bond acceptors (Lipinski definition) is 2. The molecule has 0 fully saturated rings. The maximum atomic E-state index is 7.18. The summed E-state index contributed by atoms with van der Waals surface area (Å²) in [5.74, 6) is 0.998. The van der Waals surface area contributed by atoms with Gasteiger partial charge in [0, 0.05) is 44.5 Å². The molecule has 3 heteroatoms. The summed E-state index contributed by atoms with van der Waals surface area (Å²) in [4.78, 5) is 2.31. The lowest BCUT2D eigenvalue weighted by molar-refractivity contribution is 0.507. The van der Waals surface area contributed by atoms with Gasteiger partial charge in [0.15, 0.2) is 0 Å². The van der Waals surface area contributed by atoms with E-state index >= 15 is 0 Å². The fraction of sp³-hybridized carbons (Fsp3) is 0.0159. The molecule has 0 aliphatic heterocycles. The zero-order valence-electron chi connectivity index (χ0n) is 35.9. The summed E-state index contributed by atoms with van der Waals surface area (Å²) in [6.07, 6.45) is 0. The Hall–Kier alpha value is -8.66. The summed E-state index contributed by atoms with van der Waals surface area (Å²) in [7, 11) is 0. The number of anilines is 3. The zero-order valence-corrected chi connectivity index (χ0v) is 35.9. The van der Waals surface area contributed by atoms with Crippen molar-refractivity contribution >= 4 is 49.8 Å². The van der Waals surface area contributed by atoms with E-state index in [9.17, 15) is 0 Å². The van der Waals surface area contributed by atoms with Crippen molar-refractivity contribution in [2.24, 2.45) is 0 Å². The molecule has 66 heavy (non-hydrogen) atoms. The minimum absolute atomic E-state index is 0.665. The molecule has 0 N–H and O–H groups in total. The molecule has 0 saturated heterocycles. The van der Waals surface area contributed by atoms with E-state index in [-0.39, 0.29) is 0 Å². The highest BCUT2D eigenvalue weighted by atomic mass is 16.3. The van der Waals surface area contributed by atoms with Crippen molar-refractivity contribution in [2.45, 2.75) is 5.41 Å². The van der Waals surface area contributed by atoms with Crippen LogP contribution < -0.4 is 4.90 Å². The maximum Gasteiger partial charge on any atom is 0.135 e. The molecular formula is C63H40N2O. The second-order valence-electron chi connectivity index (χ2n) is 17.6. The molecule has 0 radical (unpaired) electrons. The fourth-order valence-corrected chi connectivity index (χ4v) is 11.4. The van der Waals surface area contributed by atoms with Crippen LogP contribution in [-0.4, -0.2) is 4.57 Å². The molecule has 1 unspecified atom stereocenters. The molecule has 1 spiro atoms. The Morgan fingerprint density at radius 1 is 0.348 bits per heavy atom. The summed E-state index contributed by atoms with van der Waals surface area (Å²) in [5, 5.41) is 3.67. The number of fused-ring (bicyclic) bond motifs is 15. The summed E-state index contributed by atoms with van der Waals surface area (Å²) < 4.78 is 9.56. The first-order chi connectivity index (χ1) is 32.7. The zero-order chi connectivity index (χ0) is 43.3. The third-order valence-electron chi connectivity index (χ3n) is 14.2. The third kappa shape index (κ3) is 5.20. The Labute approximate surface area is 382 Å². The smallest absolute Gasteiger partial charge is 0.135 e. The van der Waals surface area contributed by atoms with Gasteiger partial charge in [-0.25, -0.2) is 0 Å². The molecule has 0 saturated carbocycles. The van der Waals surface area contributed by atoms with Gasteiger partial charge in [-0.05, 0) is 134 Å². The molecule has 12 aromatic rings. The average Bonchev–Trinajstić information content (AvgIpc) is 4.10. The average molecular weight is 841 g/mol. The van der Waals surface area contributed by atoms with E-state index in [4.69, 9.17) is 4.42 Å². The Morgan fingerprint density at radius 2 is 0.818 bits per heavy atom. The van der Waals surface area contributed by atoms with Crippen LogP contribution in [0.1, 0.15) is 22.5 Å². The first kappa shape index (κ1) is 36.8. The summed E-state index contributed by atoms with van der Waals surface area (Å²) in [6, 6.07) is 88.4. The van der Waals surface area contributed by atoms with Gasteiger partial charge in [-0.1, -0.05) is 164 Å². The van der Waals surface area contributed by atoms with Crippen LogP contribution in [0, 0.1) is 0 Å². The first-order valence-electron chi connectivity index (χ1n) is 22.7. The molecule has 2 aromatic heterocycles. The van der Waals surface area contributed by atoms with Gasteiger partial charge in [0.25, 0.3) is 0 Å².